The zero-order valence-electron chi connectivity index (χ0n) is 15.5. The predicted molar refractivity (Wildman–Crippen MR) is 102 cm³/mol. The lowest BCUT2D eigenvalue weighted by molar-refractivity contribution is -0.124. The number of piperazine rings is 1. The molecule has 0 saturated carbocycles. The molecule has 1 aliphatic heterocycles. The van der Waals surface area contributed by atoms with Crippen LogP contribution in [0.1, 0.15) is 12.5 Å². The van der Waals surface area contributed by atoms with Crippen LogP contribution >= 0.6 is 0 Å². The first-order chi connectivity index (χ1) is 13.0. The zero-order chi connectivity index (χ0) is 19.2. The minimum absolute atomic E-state index is 0.0375. The van der Waals surface area contributed by atoms with Crippen LogP contribution in [0.5, 0.6) is 5.75 Å². The van der Waals surface area contributed by atoms with Crippen molar-refractivity contribution in [1.82, 2.24) is 10.2 Å². The molecule has 27 heavy (non-hydrogen) atoms. The van der Waals surface area contributed by atoms with Gasteiger partial charge in [-0.2, -0.15) is 0 Å². The molecular weight excluding hydrogens is 347 g/mol. The Hall–Kier alpha value is -2.44. The van der Waals surface area contributed by atoms with Gasteiger partial charge in [-0.05, 0) is 35.2 Å². The van der Waals surface area contributed by atoms with Gasteiger partial charge in [0.25, 0.3) is 0 Å². The van der Waals surface area contributed by atoms with Crippen molar-refractivity contribution < 1.29 is 19.0 Å². The van der Waals surface area contributed by atoms with Crippen LogP contribution < -0.4 is 10.1 Å². The Balaban J connectivity index is 1.61. The van der Waals surface area contributed by atoms with E-state index in [4.69, 9.17) is 4.74 Å². The Morgan fingerprint density at radius 3 is 2.70 bits per heavy atom. The van der Waals surface area contributed by atoms with E-state index in [1.807, 2.05) is 29.2 Å². The molecule has 2 aromatic rings. The molecule has 144 valence electrons. The Morgan fingerprint density at radius 2 is 2.00 bits per heavy atom. The fraction of sp³-hybridized carbons (Fsp3) is 0.381. The second-order valence-electron chi connectivity index (χ2n) is 6.78. The van der Waals surface area contributed by atoms with Crippen LogP contribution in [-0.4, -0.2) is 54.8 Å². The molecule has 1 heterocycles. The summed E-state index contributed by atoms with van der Waals surface area (Å²) in [6.07, 6.45) is 0.195. The second-order valence-corrected chi connectivity index (χ2v) is 6.78. The SMILES string of the molecule is CCc1ccc(-c2cc(F)cc(OCC(O)CN3CCNC(=O)C3)c2)cc1. The molecule has 1 fully saturated rings. The number of aliphatic hydroxyl groups is 1. The summed E-state index contributed by atoms with van der Waals surface area (Å²) < 4.78 is 19.6. The number of nitrogens with one attached hydrogen (secondary N) is 1. The molecule has 1 amide bonds. The van der Waals surface area contributed by atoms with Gasteiger partial charge in [0.15, 0.2) is 0 Å². The Bertz CT molecular complexity index is 779. The molecule has 2 aromatic carbocycles. The van der Waals surface area contributed by atoms with Crippen LogP contribution in [0.2, 0.25) is 0 Å². The number of hydrogen-bond donors (Lipinski definition) is 2. The average Bonchev–Trinajstić information content (AvgIpc) is 2.66. The number of aliphatic hydroxyl groups excluding tert-OH is 1. The average molecular weight is 372 g/mol. The first-order valence-corrected chi connectivity index (χ1v) is 9.23. The number of nitrogens with zero attached hydrogens (tertiary/aromatic N) is 1. The fourth-order valence-electron chi connectivity index (χ4n) is 3.14. The van der Waals surface area contributed by atoms with E-state index in [1.165, 1.54) is 17.7 Å². The van der Waals surface area contributed by atoms with Crippen molar-refractivity contribution in [3.05, 3.63) is 53.8 Å². The Morgan fingerprint density at radius 1 is 1.22 bits per heavy atom. The molecule has 0 radical (unpaired) electrons. The van der Waals surface area contributed by atoms with Gasteiger partial charge in [0.1, 0.15) is 24.3 Å². The van der Waals surface area contributed by atoms with Crippen molar-refractivity contribution >= 4 is 5.91 Å². The summed E-state index contributed by atoms with van der Waals surface area (Å²) in [6, 6.07) is 12.5. The summed E-state index contributed by atoms with van der Waals surface area (Å²) in [6.45, 7) is 4.01. The zero-order valence-corrected chi connectivity index (χ0v) is 15.5. The Kier molecular flexibility index (Phi) is 6.42. The van der Waals surface area contributed by atoms with Crippen molar-refractivity contribution in [2.45, 2.75) is 19.4 Å². The minimum Gasteiger partial charge on any atom is -0.491 e. The van der Waals surface area contributed by atoms with Crippen molar-refractivity contribution in [3.8, 4) is 16.9 Å². The lowest BCUT2D eigenvalue weighted by Crippen LogP contribution is -2.50. The van der Waals surface area contributed by atoms with Gasteiger partial charge in [0.05, 0.1) is 6.54 Å². The molecule has 3 rings (SSSR count). The molecule has 0 bridgehead atoms. The van der Waals surface area contributed by atoms with Gasteiger partial charge in [-0.1, -0.05) is 31.2 Å². The van der Waals surface area contributed by atoms with E-state index in [1.54, 1.807) is 6.07 Å². The normalized spacial score (nSPS) is 16.0. The van der Waals surface area contributed by atoms with E-state index in [9.17, 15) is 14.3 Å². The highest BCUT2D eigenvalue weighted by Gasteiger charge is 2.19. The first kappa shape index (κ1) is 19.3. The molecule has 0 aromatic heterocycles. The van der Waals surface area contributed by atoms with E-state index in [2.05, 4.69) is 12.2 Å². The monoisotopic (exact) mass is 372 g/mol. The number of rotatable bonds is 7. The quantitative estimate of drug-likeness (QED) is 0.782. The first-order valence-electron chi connectivity index (χ1n) is 9.23. The van der Waals surface area contributed by atoms with Gasteiger partial charge < -0.3 is 15.2 Å². The summed E-state index contributed by atoms with van der Waals surface area (Å²) in [5.74, 6) is -0.0532. The lowest BCUT2D eigenvalue weighted by Gasteiger charge is -2.28. The molecule has 0 aliphatic carbocycles. The highest BCUT2D eigenvalue weighted by molar-refractivity contribution is 5.78. The number of ether oxygens (including phenoxy) is 1. The molecule has 1 atom stereocenters. The summed E-state index contributed by atoms with van der Waals surface area (Å²) in [7, 11) is 0. The van der Waals surface area contributed by atoms with Crippen LogP contribution in [0.3, 0.4) is 0 Å². The molecule has 1 aliphatic rings. The molecule has 0 spiro atoms. The van der Waals surface area contributed by atoms with Gasteiger partial charge in [-0.15, -0.1) is 0 Å². The van der Waals surface area contributed by atoms with E-state index in [0.717, 1.165) is 17.5 Å². The molecule has 1 saturated heterocycles. The van der Waals surface area contributed by atoms with Crippen LogP contribution in [-0.2, 0) is 11.2 Å². The Labute approximate surface area is 158 Å². The maximum absolute atomic E-state index is 14.0. The highest BCUT2D eigenvalue weighted by Crippen LogP contribution is 2.26. The van der Waals surface area contributed by atoms with Crippen LogP contribution in [0.15, 0.2) is 42.5 Å². The molecule has 5 nitrogen and oxygen atoms in total. The predicted octanol–water partition coefficient (Wildman–Crippen LogP) is 2.23. The third-order valence-corrected chi connectivity index (χ3v) is 4.60. The fourth-order valence-corrected chi connectivity index (χ4v) is 3.14. The van der Waals surface area contributed by atoms with Crippen molar-refractivity contribution in [2.75, 3.05) is 32.8 Å². The van der Waals surface area contributed by atoms with Crippen molar-refractivity contribution in [1.29, 1.82) is 0 Å². The highest BCUT2D eigenvalue weighted by atomic mass is 19.1. The van der Waals surface area contributed by atoms with E-state index in [0.29, 0.717) is 25.4 Å². The number of β-amino-alcohol motifs (C(OH)–C–C–N with tert-alkyl or cyclic N) is 1. The number of carbonyl (C=O) groups is 1. The van der Waals surface area contributed by atoms with Gasteiger partial charge >= 0.3 is 0 Å². The standard InChI is InChI=1S/C21H25FN2O3/c1-2-15-3-5-16(6-4-15)17-9-18(22)11-20(10-17)27-14-19(25)12-24-8-7-23-21(26)13-24/h3-6,9-11,19,25H,2,7-8,12-14H2,1H3,(H,23,26). The van der Waals surface area contributed by atoms with Crippen LogP contribution in [0.4, 0.5) is 4.39 Å². The summed E-state index contributed by atoms with van der Waals surface area (Å²) in [5, 5.41) is 12.9. The maximum Gasteiger partial charge on any atom is 0.234 e. The molecule has 6 heteroatoms. The third kappa shape index (κ3) is 5.52. The largest absolute Gasteiger partial charge is 0.491 e. The summed E-state index contributed by atoms with van der Waals surface area (Å²) in [4.78, 5) is 13.3. The van der Waals surface area contributed by atoms with Gasteiger partial charge in [-0.25, -0.2) is 4.39 Å². The van der Waals surface area contributed by atoms with E-state index in [-0.39, 0.29) is 24.9 Å². The van der Waals surface area contributed by atoms with Crippen molar-refractivity contribution in [3.63, 3.8) is 0 Å². The minimum atomic E-state index is -0.758. The molecular formula is C21H25FN2O3. The van der Waals surface area contributed by atoms with E-state index < -0.39 is 6.10 Å². The maximum atomic E-state index is 14.0. The topological polar surface area (TPSA) is 61.8 Å². The molecule has 1 unspecified atom stereocenters. The van der Waals surface area contributed by atoms with Gasteiger partial charge in [-0.3, -0.25) is 9.69 Å². The number of hydrogen-bond acceptors (Lipinski definition) is 4. The van der Waals surface area contributed by atoms with Crippen LogP contribution in [0, 0.1) is 5.82 Å². The summed E-state index contributed by atoms with van der Waals surface area (Å²) >= 11 is 0. The number of amides is 1. The lowest BCUT2D eigenvalue weighted by atomic mass is 10.0. The summed E-state index contributed by atoms with van der Waals surface area (Å²) in [5.41, 5.74) is 2.87. The van der Waals surface area contributed by atoms with E-state index >= 15 is 0 Å². The van der Waals surface area contributed by atoms with Crippen molar-refractivity contribution in [2.24, 2.45) is 0 Å². The van der Waals surface area contributed by atoms with Crippen LogP contribution in [0.25, 0.3) is 11.1 Å². The number of carbonyl (C=O) groups excluding carboxylic acids is 1. The number of benzene rings is 2. The number of halogens is 1. The third-order valence-electron chi connectivity index (χ3n) is 4.60. The van der Waals surface area contributed by atoms with Gasteiger partial charge in [0.2, 0.25) is 5.91 Å². The van der Waals surface area contributed by atoms with Gasteiger partial charge in [0, 0.05) is 25.7 Å². The second kappa shape index (κ2) is 8.97. The smallest absolute Gasteiger partial charge is 0.234 e. The number of aryl methyl sites for hydroxylation is 1. The molecule has 2 N–H and O–H groups in total.